The SMILES string of the molecule is O=C(CN1C(=O)NC2(CCCCC2)C1=O)NNC(=O)c1ccc(Cl)cc1. The lowest BCUT2D eigenvalue weighted by molar-refractivity contribution is -0.136. The number of benzene rings is 1. The first-order chi connectivity index (χ1) is 12.4. The number of halogens is 1. The van der Waals surface area contributed by atoms with Gasteiger partial charge in [-0.05, 0) is 37.1 Å². The average molecular weight is 379 g/mol. The van der Waals surface area contributed by atoms with Crippen molar-refractivity contribution in [1.82, 2.24) is 21.1 Å². The van der Waals surface area contributed by atoms with E-state index in [-0.39, 0.29) is 5.91 Å². The number of nitrogens with zero attached hydrogens (tertiary/aromatic N) is 1. The number of rotatable bonds is 3. The molecule has 9 heteroatoms. The van der Waals surface area contributed by atoms with E-state index in [1.165, 1.54) is 12.1 Å². The Morgan fingerprint density at radius 3 is 2.38 bits per heavy atom. The predicted octanol–water partition coefficient (Wildman–Crippen LogP) is 1.36. The van der Waals surface area contributed by atoms with E-state index in [1.807, 2.05) is 0 Å². The monoisotopic (exact) mass is 378 g/mol. The Kier molecular flexibility index (Phi) is 5.13. The van der Waals surface area contributed by atoms with Crippen molar-refractivity contribution in [1.29, 1.82) is 0 Å². The molecular formula is C17H19ClN4O4. The Morgan fingerprint density at radius 2 is 1.73 bits per heavy atom. The molecule has 1 aliphatic carbocycles. The lowest BCUT2D eigenvalue weighted by Gasteiger charge is -2.30. The molecule has 2 fully saturated rings. The molecule has 0 unspecified atom stereocenters. The van der Waals surface area contributed by atoms with Gasteiger partial charge in [0, 0.05) is 10.6 Å². The molecule has 1 aliphatic heterocycles. The average Bonchev–Trinajstić information content (AvgIpc) is 2.85. The van der Waals surface area contributed by atoms with E-state index in [4.69, 9.17) is 11.6 Å². The summed E-state index contributed by atoms with van der Waals surface area (Å²) in [5.74, 6) is -1.57. The first-order valence-corrected chi connectivity index (χ1v) is 8.78. The highest BCUT2D eigenvalue weighted by molar-refractivity contribution is 6.30. The van der Waals surface area contributed by atoms with E-state index in [1.54, 1.807) is 12.1 Å². The summed E-state index contributed by atoms with van der Waals surface area (Å²) in [6.07, 6.45) is 3.93. The molecule has 1 saturated carbocycles. The van der Waals surface area contributed by atoms with Crippen molar-refractivity contribution in [2.24, 2.45) is 0 Å². The van der Waals surface area contributed by atoms with Crippen LogP contribution in [0.25, 0.3) is 0 Å². The van der Waals surface area contributed by atoms with Gasteiger partial charge in [0.25, 0.3) is 17.7 Å². The second kappa shape index (κ2) is 7.33. The zero-order valence-electron chi connectivity index (χ0n) is 14.0. The van der Waals surface area contributed by atoms with Crippen LogP contribution in [0.2, 0.25) is 5.02 Å². The fraction of sp³-hybridized carbons (Fsp3) is 0.412. The number of hydrogen-bond donors (Lipinski definition) is 3. The van der Waals surface area contributed by atoms with Crippen LogP contribution in [0.5, 0.6) is 0 Å². The van der Waals surface area contributed by atoms with E-state index in [0.29, 0.717) is 23.4 Å². The van der Waals surface area contributed by atoms with Gasteiger partial charge in [-0.3, -0.25) is 30.1 Å². The summed E-state index contributed by atoms with van der Waals surface area (Å²) in [4.78, 5) is 49.5. The molecule has 1 spiro atoms. The van der Waals surface area contributed by atoms with E-state index >= 15 is 0 Å². The third kappa shape index (κ3) is 3.65. The predicted molar refractivity (Wildman–Crippen MR) is 93.1 cm³/mol. The third-order valence-corrected chi connectivity index (χ3v) is 4.93. The maximum absolute atomic E-state index is 12.6. The smallest absolute Gasteiger partial charge is 0.323 e. The second-order valence-electron chi connectivity index (χ2n) is 6.47. The highest BCUT2D eigenvalue weighted by Crippen LogP contribution is 2.33. The van der Waals surface area contributed by atoms with Crippen LogP contribution in [-0.2, 0) is 9.59 Å². The van der Waals surface area contributed by atoms with Crippen molar-refractivity contribution in [3.05, 3.63) is 34.9 Å². The summed E-state index contributed by atoms with van der Waals surface area (Å²) in [6.45, 7) is -0.451. The van der Waals surface area contributed by atoms with Gasteiger partial charge in [0.15, 0.2) is 0 Å². The number of amides is 5. The molecule has 8 nitrogen and oxygen atoms in total. The van der Waals surface area contributed by atoms with Gasteiger partial charge in [0.1, 0.15) is 12.1 Å². The molecule has 3 N–H and O–H groups in total. The van der Waals surface area contributed by atoms with Crippen LogP contribution in [0, 0.1) is 0 Å². The Labute approximate surface area is 155 Å². The van der Waals surface area contributed by atoms with Crippen LogP contribution in [0.1, 0.15) is 42.5 Å². The number of nitrogens with one attached hydrogen (secondary N) is 3. The number of urea groups is 1. The zero-order chi connectivity index (χ0) is 18.7. The number of hydrazine groups is 1. The fourth-order valence-corrected chi connectivity index (χ4v) is 3.42. The van der Waals surface area contributed by atoms with Crippen LogP contribution in [0.15, 0.2) is 24.3 Å². The summed E-state index contributed by atoms with van der Waals surface area (Å²) < 4.78 is 0. The Hall–Kier alpha value is -2.61. The molecule has 1 saturated heterocycles. The fourth-order valence-electron chi connectivity index (χ4n) is 3.30. The molecule has 3 rings (SSSR count). The second-order valence-corrected chi connectivity index (χ2v) is 6.91. The van der Waals surface area contributed by atoms with Crippen LogP contribution in [0.4, 0.5) is 4.79 Å². The molecule has 0 aromatic heterocycles. The lowest BCUT2D eigenvalue weighted by atomic mass is 9.82. The summed E-state index contributed by atoms with van der Waals surface area (Å²) >= 11 is 5.75. The van der Waals surface area contributed by atoms with E-state index in [2.05, 4.69) is 16.2 Å². The Morgan fingerprint density at radius 1 is 1.08 bits per heavy atom. The van der Waals surface area contributed by atoms with Crippen molar-refractivity contribution in [2.75, 3.05) is 6.54 Å². The highest BCUT2D eigenvalue weighted by Gasteiger charge is 2.51. The molecular weight excluding hydrogens is 360 g/mol. The van der Waals surface area contributed by atoms with Crippen molar-refractivity contribution < 1.29 is 19.2 Å². The van der Waals surface area contributed by atoms with Gasteiger partial charge in [-0.1, -0.05) is 30.9 Å². The topological polar surface area (TPSA) is 108 Å². The maximum Gasteiger partial charge on any atom is 0.325 e. The van der Waals surface area contributed by atoms with Gasteiger partial charge in [-0.2, -0.15) is 0 Å². The molecule has 1 heterocycles. The number of carbonyl (C=O) groups excluding carboxylic acids is 4. The molecule has 0 radical (unpaired) electrons. The minimum atomic E-state index is -0.873. The van der Waals surface area contributed by atoms with Gasteiger partial charge < -0.3 is 5.32 Å². The standard InChI is InChI=1S/C17H19ClN4O4/c18-12-6-4-11(5-7-12)14(24)21-20-13(23)10-22-15(25)17(19-16(22)26)8-2-1-3-9-17/h4-7H,1-3,8-10H2,(H,19,26)(H,20,23)(H,21,24). The zero-order valence-corrected chi connectivity index (χ0v) is 14.8. The van der Waals surface area contributed by atoms with Crippen LogP contribution in [-0.4, -0.2) is 40.7 Å². The van der Waals surface area contributed by atoms with Gasteiger partial charge in [-0.15, -0.1) is 0 Å². The summed E-state index contributed by atoms with van der Waals surface area (Å²) in [6, 6.07) is 5.54. The molecule has 138 valence electrons. The summed E-state index contributed by atoms with van der Waals surface area (Å²) in [7, 11) is 0. The van der Waals surface area contributed by atoms with Crippen LogP contribution >= 0.6 is 11.6 Å². The number of hydrogen-bond acceptors (Lipinski definition) is 4. The third-order valence-electron chi connectivity index (χ3n) is 4.68. The quantitative estimate of drug-likeness (QED) is 0.545. The molecule has 1 aromatic carbocycles. The Balaban J connectivity index is 1.54. The van der Waals surface area contributed by atoms with Crippen molar-refractivity contribution in [3.8, 4) is 0 Å². The molecule has 26 heavy (non-hydrogen) atoms. The molecule has 0 bridgehead atoms. The van der Waals surface area contributed by atoms with E-state index < -0.39 is 29.9 Å². The van der Waals surface area contributed by atoms with Crippen LogP contribution in [0.3, 0.4) is 0 Å². The Bertz CT molecular complexity index is 744. The lowest BCUT2D eigenvalue weighted by Crippen LogP contribution is -2.50. The van der Waals surface area contributed by atoms with Crippen molar-refractivity contribution in [3.63, 3.8) is 0 Å². The summed E-state index contributed by atoms with van der Waals surface area (Å²) in [5, 5.41) is 3.21. The maximum atomic E-state index is 12.6. The van der Waals surface area contributed by atoms with Gasteiger partial charge >= 0.3 is 6.03 Å². The van der Waals surface area contributed by atoms with Crippen molar-refractivity contribution in [2.45, 2.75) is 37.6 Å². The molecule has 1 aromatic rings. The minimum absolute atomic E-state index is 0.311. The number of imide groups is 1. The molecule has 2 aliphatic rings. The summed E-state index contributed by atoms with van der Waals surface area (Å²) in [5.41, 5.74) is 3.89. The van der Waals surface area contributed by atoms with Gasteiger partial charge in [0.2, 0.25) is 0 Å². The van der Waals surface area contributed by atoms with Crippen molar-refractivity contribution >= 4 is 35.4 Å². The van der Waals surface area contributed by atoms with Gasteiger partial charge in [0.05, 0.1) is 0 Å². The first kappa shape index (κ1) is 18.2. The highest BCUT2D eigenvalue weighted by atomic mass is 35.5. The van der Waals surface area contributed by atoms with Gasteiger partial charge in [-0.25, -0.2) is 4.79 Å². The normalized spacial score (nSPS) is 18.6. The molecule has 0 atom stereocenters. The van der Waals surface area contributed by atoms with E-state index in [9.17, 15) is 19.2 Å². The first-order valence-electron chi connectivity index (χ1n) is 8.40. The number of carbonyl (C=O) groups is 4. The van der Waals surface area contributed by atoms with Crippen LogP contribution < -0.4 is 16.2 Å². The molecule has 5 amide bonds. The largest absolute Gasteiger partial charge is 0.325 e. The van der Waals surface area contributed by atoms with E-state index in [0.717, 1.165) is 24.2 Å². The minimum Gasteiger partial charge on any atom is -0.323 e.